The van der Waals surface area contributed by atoms with Gasteiger partial charge in [0.05, 0.1) is 11.3 Å². The van der Waals surface area contributed by atoms with Crippen molar-refractivity contribution >= 4 is 11.6 Å². The lowest BCUT2D eigenvalue weighted by Gasteiger charge is -2.09. The Labute approximate surface area is 142 Å². The molecule has 1 N–H and O–H groups in total. The van der Waals surface area contributed by atoms with Crippen molar-refractivity contribution in [2.45, 2.75) is 6.18 Å². The van der Waals surface area contributed by atoms with E-state index in [1.807, 2.05) is 18.2 Å². The van der Waals surface area contributed by atoms with Crippen molar-refractivity contribution in [1.29, 1.82) is 0 Å². The van der Waals surface area contributed by atoms with Crippen molar-refractivity contribution < 1.29 is 18.0 Å². The third-order valence-electron chi connectivity index (χ3n) is 3.58. The number of anilines is 1. The first-order chi connectivity index (χ1) is 11.9. The van der Waals surface area contributed by atoms with Crippen LogP contribution in [0.25, 0.3) is 11.3 Å². The van der Waals surface area contributed by atoms with Crippen molar-refractivity contribution in [3.63, 3.8) is 0 Å². The largest absolute Gasteiger partial charge is 0.416 e. The zero-order valence-electron chi connectivity index (χ0n) is 12.9. The Hall–Kier alpha value is -3.15. The number of hydrogen-bond donors (Lipinski definition) is 1. The number of aromatic nitrogens is 1. The van der Waals surface area contributed by atoms with Crippen LogP contribution in [-0.4, -0.2) is 10.9 Å². The molecule has 2 aromatic carbocycles. The average molecular weight is 342 g/mol. The molecule has 1 aromatic heterocycles. The van der Waals surface area contributed by atoms with Crippen LogP contribution in [-0.2, 0) is 6.18 Å². The van der Waals surface area contributed by atoms with Crippen LogP contribution in [0.15, 0.2) is 72.9 Å². The zero-order valence-corrected chi connectivity index (χ0v) is 12.9. The van der Waals surface area contributed by atoms with Gasteiger partial charge >= 0.3 is 6.18 Å². The summed E-state index contributed by atoms with van der Waals surface area (Å²) in [5, 5.41) is 2.57. The van der Waals surface area contributed by atoms with Gasteiger partial charge in [0.1, 0.15) is 0 Å². The Morgan fingerprint density at radius 3 is 2.12 bits per heavy atom. The summed E-state index contributed by atoms with van der Waals surface area (Å²) < 4.78 is 37.6. The zero-order chi connectivity index (χ0) is 17.9. The maximum Gasteiger partial charge on any atom is 0.416 e. The molecule has 1 amide bonds. The van der Waals surface area contributed by atoms with Gasteiger partial charge in [-0.3, -0.25) is 9.78 Å². The van der Waals surface area contributed by atoms with E-state index in [1.165, 1.54) is 12.1 Å². The Kier molecular flexibility index (Phi) is 4.52. The van der Waals surface area contributed by atoms with Crippen molar-refractivity contribution in [2.75, 3.05) is 5.32 Å². The van der Waals surface area contributed by atoms with Gasteiger partial charge in [-0.2, -0.15) is 13.2 Å². The lowest BCUT2D eigenvalue weighted by molar-refractivity contribution is -0.137. The van der Waals surface area contributed by atoms with Crippen LogP contribution >= 0.6 is 0 Å². The van der Waals surface area contributed by atoms with E-state index in [0.29, 0.717) is 11.3 Å². The summed E-state index contributed by atoms with van der Waals surface area (Å²) in [6, 6.07) is 16.7. The Morgan fingerprint density at radius 1 is 0.880 bits per heavy atom. The second kappa shape index (κ2) is 6.76. The van der Waals surface area contributed by atoms with Gasteiger partial charge in [0.25, 0.3) is 5.91 Å². The fourth-order valence-electron chi connectivity index (χ4n) is 2.27. The number of carbonyl (C=O) groups excluding carboxylic acids is 1. The van der Waals surface area contributed by atoms with E-state index >= 15 is 0 Å². The van der Waals surface area contributed by atoms with Crippen LogP contribution in [0.3, 0.4) is 0 Å². The van der Waals surface area contributed by atoms with Gasteiger partial charge in [0.15, 0.2) is 0 Å². The third kappa shape index (κ3) is 4.03. The smallest absolute Gasteiger partial charge is 0.322 e. The molecule has 0 bridgehead atoms. The highest BCUT2D eigenvalue weighted by molar-refractivity contribution is 6.04. The van der Waals surface area contributed by atoms with Crippen LogP contribution in [0.2, 0.25) is 0 Å². The summed E-state index contributed by atoms with van der Waals surface area (Å²) in [7, 11) is 0. The average Bonchev–Trinajstić information content (AvgIpc) is 2.62. The predicted octanol–water partition coefficient (Wildman–Crippen LogP) is 5.02. The molecule has 3 nitrogen and oxygen atoms in total. The number of amides is 1. The Balaban J connectivity index is 1.71. The molecular weight excluding hydrogens is 329 g/mol. The van der Waals surface area contributed by atoms with E-state index in [-0.39, 0.29) is 0 Å². The van der Waals surface area contributed by atoms with E-state index in [1.54, 1.807) is 30.5 Å². The number of pyridine rings is 1. The van der Waals surface area contributed by atoms with E-state index in [4.69, 9.17) is 0 Å². The topological polar surface area (TPSA) is 42.0 Å². The Morgan fingerprint density at radius 2 is 1.56 bits per heavy atom. The van der Waals surface area contributed by atoms with E-state index < -0.39 is 17.6 Å². The lowest BCUT2D eigenvalue weighted by atomic mass is 10.1. The first-order valence-corrected chi connectivity index (χ1v) is 7.43. The molecule has 3 aromatic rings. The van der Waals surface area contributed by atoms with Gasteiger partial charge in [0.2, 0.25) is 0 Å². The number of halogens is 3. The molecule has 0 aliphatic rings. The highest BCUT2D eigenvalue weighted by Crippen LogP contribution is 2.29. The lowest BCUT2D eigenvalue weighted by Crippen LogP contribution is -2.12. The number of alkyl halides is 3. The van der Waals surface area contributed by atoms with Crippen molar-refractivity contribution in [2.24, 2.45) is 0 Å². The molecule has 0 atom stereocenters. The molecule has 1 heterocycles. The second-order valence-corrected chi connectivity index (χ2v) is 5.32. The molecule has 0 radical (unpaired) electrons. The molecular formula is C19H13F3N2O. The van der Waals surface area contributed by atoms with Crippen LogP contribution in [0, 0.1) is 0 Å². The molecule has 6 heteroatoms. The molecule has 0 fully saturated rings. The quantitative estimate of drug-likeness (QED) is 0.726. The summed E-state index contributed by atoms with van der Waals surface area (Å²) in [5.74, 6) is -0.396. The molecule has 25 heavy (non-hydrogen) atoms. The summed E-state index contributed by atoms with van der Waals surface area (Å²) in [5.41, 5.74) is 1.60. The minimum Gasteiger partial charge on any atom is -0.322 e. The number of rotatable bonds is 3. The molecule has 0 unspecified atom stereocenters. The van der Waals surface area contributed by atoms with Crippen LogP contribution in [0.4, 0.5) is 18.9 Å². The molecule has 0 saturated carbocycles. The third-order valence-corrected chi connectivity index (χ3v) is 3.58. The summed E-state index contributed by atoms with van der Waals surface area (Å²) in [6.07, 6.45) is -2.72. The van der Waals surface area contributed by atoms with Gasteiger partial charge in [-0.25, -0.2) is 0 Å². The predicted molar refractivity (Wildman–Crippen MR) is 89.1 cm³/mol. The number of nitrogens with one attached hydrogen (secondary N) is 1. The van der Waals surface area contributed by atoms with Gasteiger partial charge in [-0.05, 0) is 48.5 Å². The fourth-order valence-corrected chi connectivity index (χ4v) is 2.27. The first kappa shape index (κ1) is 16.7. The first-order valence-electron chi connectivity index (χ1n) is 7.43. The molecule has 0 saturated heterocycles. The summed E-state index contributed by atoms with van der Waals surface area (Å²) in [6.45, 7) is 0. The number of nitrogens with zero attached hydrogens (tertiary/aromatic N) is 1. The van der Waals surface area contributed by atoms with Gasteiger partial charge in [-0.1, -0.05) is 18.2 Å². The van der Waals surface area contributed by atoms with Gasteiger partial charge in [0, 0.05) is 23.0 Å². The number of carbonyl (C=O) groups is 1. The van der Waals surface area contributed by atoms with Gasteiger partial charge < -0.3 is 5.32 Å². The normalized spacial score (nSPS) is 11.2. The van der Waals surface area contributed by atoms with Crippen LogP contribution < -0.4 is 5.32 Å². The minimum atomic E-state index is -4.40. The van der Waals surface area contributed by atoms with Crippen LogP contribution in [0.1, 0.15) is 15.9 Å². The maximum atomic E-state index is 12.5. The monoisotopic (exact) mass is 342 g/mol. The van der Waals surface area contributed by atoms with Crippen molar-refractivity contribution in [3.8, 4) is 11.3 Å². The molecule has 0 aliphatic carbocycles. The highest BCUT2D eigenvalue weighted by Gasteiger charge is 2.29. The van der Waals surface area contributed by atoms with Crippen LogP contribution in [0.5, 0.6) is 0 Å². The van der Waals surface area contributed by atoms with Gasteiger partial charge in [-0.15, -0.1) is 0 Å². The van der Waals surface area contributed by atoms with E-state index in [9.17, 15) is 18.0 Å². The minimum absolute atomic E-state index is 0.298. The number of hydrogen-bond acceptors (Lipinski definition) is 2. The standard InChI is InChI=1S/C19H13F3N2O/c20-19(21,22)15-8-10-16(11-9-15)24-18(25)14-6-4-13(5-7-14)17-3-1-2-12-23-17/h1-12H,(H,24,25). The fraction of sp³-hybridized carbons (Fsp3) is 0.0526. The number of benzene rings is 2. The maximum absolute atomic E-state index is 12.5. The second-order valence-electron chi connectivity index (χ2n) is 5.32. The van der Waals surface area contributed by atoms with Crippen molar-refractivity contribution in [3.05, 3.63) is 84.1 Å². The summed E-state index contributed by atoms with van der Waals surface area (Å²) in [4.78, 5) is 16.4. The molecule has 3 rings (SSSR count). The van der Waals surface area contributed by atoms with E-state index in [2.05, 4.69) is 10.3 Å². The molecule has 0 aliphatic heterocycles. The van der Waals surface area contributed by atoms with E-state index in [0.717, 1.165) is 23.4 Å². The highest BCUT2D eigenvalue weighted by atomic mass is 19.4. The molecule has 0 spiro atoms. The van der Waals surface area contributed by atoms with Crippen molar-refractivity contribution in [1.82, 2.24) is 4.98 Å². The molecule has 126 valence electrons. The summed E-state index contributed by atoms with van der Waals surface area (Å²) >= 11 is 0. The Bertz CT molecular complexity index is 858. The SMILES string of the molecule is O=C(Nc1ccc(C(F)(F)F)cc1)c1ccc(-c2ccccn2)cc1.